The number of hydrogen-bond acceptors (Lipinski definition) is 2. The Morgan fingerprint density at radius 1 is 1.04 bits per heavy atom. The van der Waals surface area contributed by atoms with E-state index in [9.17, 15) is 4.79 Å². The van der Waals surface area contributed by atoms with Gasteiger partial charge in [0.15, 0.2) is 6.54 Å². The molecule has 0 spiro atoms. The number of carbonyl (C=O) groups is 1. The third kappa shape index (κ3) is 5.95. The highest BCUT2D eigenvalue weighted by atomic mass is 35.5. The van der Waals surface area contributed by atoms with Crippen molar-refractivity contribution < 1.29 is 14.6 Å². The van der Waals surface area contributed by atoms with Crippen molar-refractivity contribution in [1.82, 2.24) is 5.43 Å². The summed E-state index contributed by atoms with van der Waals surface area (Å²) in [6, 6.07) is 17.9. The first-order valence-electron chi connectivity index (χ1n) is 8.97. The third-order valence-electron chi connectivity index (χ3n) is 4.62. The first kappa shape index (κ1) is 18.6. The van der Waals surface area contributed by atoms with Crippen LogP contribution in [0.4, 0.5) is 0 Å². The average Bonchev–Trinajstić information content (AvgIpc) is 2.64. The number of piperazine rings is 1. The van der Waals surface area contributed by atoms with Crippen molar-refractivity contribution in [3.63, 3.8) is 0 Å². The molecule has 1 aliphatic heterocycles. The fourth-order valence-corrected chi connectivity index (χ4v) is 3.43. The van der Waals surface area contributed by atoms with Crippen LogP contribution in [-0.2, 0) is 11.3 Å². The van der Waals surface area contributed by atoms with E-state index < -0.39 is 0 Å². The zero-order valence-electron chi connectivity index (χ0n) is 14.7. The molecule has 0 aliphatic carbocycles. The largest absolute Gasteiger partial charge is 0.322 e. The summed E-state index contributed by atoms with van der Waals surface area (Å²) >= 11 is 5.92. The molecule has 1 saturated heterocycles. The molecule has 2 aromatic carbocycles. The maximum atomic E-state index is 12.1. The van der Waals surface area contributed by atoms with Gasteiger partial charge in [0.1, 0.15) is 32.7 Å². The van der Waals surface area contributed by atoms with Crippen molar-refractivity contribution in [3.8, 4) is 0 Å². The predicted octanol–water partition coefficient (Wildman–Crippen LogP) is -0.226. The highest BCUT2D eigenvalue weighted by Crippen LogP contribution is 2.08. The summed E-state index contributed by atoms with van der Waals surface area (Å²) in [5.74, 6) is -0.0511. The minimum atomic E-state index is -0.0511. The zero-order chi connectivity index (χ0) is 18.2. The Hall–Kier alpha value is -2.21. The van der Waals surface area contributed by atoms with Crippen molar-refractivity contribution in [2.75, 3.05) is 32.7 Å². The van der Waals surface area contributed by atoms with E-state index in [1.165, 1.54) is 10.5 Å². The van der Waals surface area contributed by atoms with Gasteiger partial charge in [-0.05, 0) is 17.7 Å². The van der Waals surface area contributed by atoms with Crippen molar-refractivity contribution in [2.24, 2.45) is 5.10 Å². The number of nitrogens with zero attached hydrogens (tertiary/aromatic N) is 1. The summed E-state index contributed by atoms with van der Waals surface area (Å²) < 4.78 is 0. The number of amides is 1. The number of quaternary nitrogens is 2. The fourth-order valence-electron chi connectivity index (χ4n) is 3.23. The van der Waals surface area contributed by atoms with Crippen LogP contribution in [0.15, 0.2) is 59.7 Å². The molecule has 1 heterocycles. The van der Waals surface area contributed by atoms with Gasteiger partial charge < -0.3 is 9.80 Å². The lowest BCUT2D eigenvalue weighted by Gasteiger charge is -2.29. The zero-order valence-corrected chi connectivity index (χ0v) is 15.5. The number of halogens is 1. The highest BCUT2D eigenvalue weighted by Gasteiger charge is 2.24. The Morgan fingerprint density at radius 3 is 2.50 bits per heavy atom. The molecule has 0 saturated carbocycles. The monoisotopic (exact) mass is 372 g/mol. The van der Waals surface area contributed by atoms with Gasteiger partial charge in [0.25, 0.3) is 5.91 Å². The molecular weight excluding hydrogens is 348 g/mol. The van der Waals surface area contributed by atoms with Gasteiger partial charge in [0.2, 0.25) is 0 Å². The van der Waals surface area contributed by atoms with E-state index in [1.807, 2.05) is 12.1 Å². The SMILES string of the molecule is O=C(C[NH+]1CC[NH+](Cc2ccccc2)CC1)NN=Cc1cccc(Cl)c1. The van der Waals surface area contributed by atoms with E-state index in [0.29, 0.717) is 11.6 Å². The quantitative estimate of drug-likeness (QED) is 0.476. The second kappa shape index (κ2) is 9.48. The van der Waals surface area contributed by atoms with Gasteiger partial charge in [-0.25, -0.2) is 5.43 Å². The van der Waals surface area contributed by atoms with E-state index in [1.54, 1.807) is 23.2 Å². The van der Waals surface area contributed by atoms with E-state index in [4.69, 9.17) is 11.6 Å². The lowest BCUT2D eigenvalue weighted by atomic mass is 10.2. The number of hydrazone groups is 1. The van der Waals surface area contributed by atoms with Crippen LogP contribution in [-0.4, -0.2) is 44.8 Å². The molecule has 3 N–H and O–H groups in total. The number of nitrogens with one attached hydrogen (secondary N) is 3. The molecule has 6 heteroatoms. The average molecular weight is 373 g/mol. The first-order chi connectivity index (χ1) is 12.7. The van der Waals surface area contributed by atoms with E-state index in [0.717, 1.165) is 38.3 Å². The molecule has 0 bridgehead atoms. The minimum Gasteiger partial charge on any atom is -0.322 e. The molecule has 1 aliphatic rings. The topological polar surface area (TPSA) is 50.3 Å². The second-order valence-corrected chi connectivity index (χ2v) is 7.12. The van der Waals surface area contributed by atoms with Gasteiger partial charge in [0, 0.05) is 10.6 Å². The van der Waals surface area contributed by atoms with Crippen molar-refractivity contribution >= 4 is 23.7 Å². The van der Waals surface area contributed by atoms with Crippen LogP contribution >= 0.6 is 11.6 Å². The molecule has 0 unspecified atom stereocenters. The standard InChI is InChI=1S/C20H23ClN4O/c21-19-8-4-7-18(13-19)14-22-23-20(26)16-25-11-9-24(10-12-25)15-17-5-2-1-3-6-17/h1-8,13-14H,9-12,15-16H2,(H,23,26)/p+2. The van der Waals surface area contributed by atoms with Crippen LogP contribution in [0.3, 0.4) is 0 Å². The van der Waals surface area contributed by atoms with Gasteiger partial charge in [-0.2, -0.15) is 5.10 Å². The van der Waals surface area contributed by atoms with Gasteiger partial charge in [-0.1, -0.05) is 54.1 Å². The number of hydrogen-bond donors (Lipinski definition) is 3. The van der Waals surface area contributed by atoms with Crippen molar-refractivity contribution in [3.05, 3.63) is 70.7 Å². The van der Waals surface area contributed by atoms with Gasteiger partial charge in [-0.3, -0.25) is 4.79 Å². The summed E-state index contributed by atoms with van der Waals surface area (Å²) in [6.07, 6.45) is 1.61. The number of benzene rings is 2. The van der Waals surface area contributed by atoms with E-state index >= 15 is 0 Å². The van der Waals surface area contributed by atoms with E-state index in [2.05, 4.69) is 40.9 Å². The first-order valence-corrected chi connectivity index (χ1v) is 9.35. The molecule has 3 rings (SSSR count). The fraction of sp³-hybridized carbons (Fsp3) is 0.300. The number of carbonyl (C=O) groups excluding carboxylic acids is 1. The maximum Gasteiger partial charge on any atom is 0.295 e. The summed E-state index contributed by atoms with van der Waals surface area (Å²) in [4.78, 5) is 15.0. The molecule has 0 atom stereocenters. The predicted molar refractivity (Wildman–Crippen MR) is 104 cm³/mol. The Labute approximate surface area is 159 Å². The van der Waals surface area contributed by atoms with Gasteiger partial charge in [0.05, 0.1) is 6.21 Å². The van der Waals surface area contributed by atoms with E-state index in [-0.39, 0.29) is 5.91 Å². The molecule has 1 amide bonds. The molecule has 136 valence electrons. The van der Waals surface area contributed by atoms with Gasteiger partial charge >= 0.3 is 0 Å². The summed E-state index contributed by atoms with van der Waals surface area (Å²) in [5, 5.41) is 4.67. The summed E-state index contributed by atoms with van der Waals surface area (Å²) in [7, 11) is 0. The Bertz CT molecular complexity index is 742. The summed E-state index contributed by atoms with van der Waals surface area (Å²) in [5.41, 5.74) is 4.85. The maximum absolute atomic E-state index is 12.1. The molecule has 1 fully saturated rings. The Balaban J connectivity index is 1.38. The Morgan fingerprint density at radius 2 is 1.77 bits per heavy atom. The molecular formula is C20H25ClN4O+2. The molecule has 0 aromatic heterocycles. The number of rotatable bonds is 6. The minimum absolute atomic E-state index is 0.0511. The van der Waals surface area contributed by atoms with Crippen LogP contribution in [0.25, 0.3) is 0 Å². The van der Waals surface area contributed by atoms with Gasteiger partial charge in [-0.15, -0.1) is 0 Å². The molecule has 5 nitrogen and oxygen atoms in total. The highest BCUT2D eigenvalue weighted by molar-refractivity contribution is 6.30. The lowest BCUT2D eigenvalue weighted by molar-refractivity contribution is -1.02. The van der Waals surface area contributed by atoms with Crippen molar-refractivity contribution in [2.45, 2.75) is 6.54 Å². The summed E-state index contributed by atoms with van der Waals surface area (Å²) in [6.45, 7) is 5.71. The van der Waals surface area contributed by atoms with Crippen LogP contribution in [0, 0.1) is 0 Å². The molecule has 26 heavy (non-hydrogen) atoms. The Kier molecular flexibility index (Phi) is 6.77. The normalized spacial score (nSPS) is 20.2. The van der Waals surface area contributed by atoms with Crippen molar-refractivity contribution in [1.29, 1.82) is 0 Å². The molecule has 2 aromatic rings. The van der Waals surface area contributed by atoms with Crippen LogP contribution in [0.2, 0.25) is 5.02 Å². The third-order valence-corrected chi connectivity index (χ3v) is 4.86. The smallest absolute Gasteiger partial charge is 0.295 e. The van der Waals surface area contributed by atoms with Crippen LogP contribution in [0.1, 0.15) is 11.1 Å². The second-order valence-electron chi connectivity index (χ2n) is 6.69. The van der Waals surface area contributed by atoms with Crippen LogP contribution < -0.4 is 15.2 Å². The lowest BCUT2D eigenvalue weighted by Crippen LogP contribution is -3.28. The molecule has 0 radical (unpaired) electrons. The van der Waals surface area contributed by atoms with Crippen LogP contribution in [0.5, 0.6) is 0 Å².